The van der Waals surface area contributed by atoms with E-state index in [9.17, 15) is 9.59 Å². The molecule has 0 radical (unpaired) electrons. The summed E-state index contributed by atoms with van der Waals surface area (Å²) in [4.78, 5) is 28.9. The second-order valence-corrected chi connectivity index (χ2v) is 12.2. The Morgan fingerprint density at radius 3 is 2.62 bits per heavy atom. The van der Waals surface area contributed by atoms with Crippen molar-refractivity contribution in [3.63, 3.8) is 0 Å². The van der Waals surface area contributed by atoms with Crippen LogP contribution in [0.2, 0.25) is 5.02 Å². The minimum absolute atomic E-state index is 0.00894. The molecule has 0 unspecified atom stereocenters. The third-order valence-corrected chi connectivity index (χ3v) is 9.56. The van der Waals surface area contributed by atoms with Gasteiger partial charge in [0.15, 0.2) is 0 Å². The van der Waals surface area contributed by atoms with Crippen molar-refractivity contribution < 1.29 is 14.3 Å². The summed E-state index contributed by atoms with van der Waals surface area (Å²) >= 11 is 8.30. The molecule has 1 saturated heterocycles. The number of halogens is 1. The number of carbonyl (C=O) groups is 2. The molecule has 1 N–H and O–H groups in total. The molecule has 2 atom stereocenters. The minimum atomic E-state index is -0.285. The van der Waals surface area contributed by atoms with Crippen LogP contribution in [0.3, 0.4) is 0 Å². The summed E-state index contributed by atoms with van der Waals surface area (Å²) in [6.45, 7) is 5.13. The van der Waals surface area contributed by atoms with E-state index >= 15 is 0 Å². The molecule has 3 aromatic carbocycles. The molecular weight excluding hydrogens is 568 g/mol. The van der Waals surface area contributed by atoms with Crippen molar-refractivity contribution >= 4 is 41.0 Å². The first-order valence-corrected chi connectivity index (χ1v) is 15.6. The number of thioether (sulfide) groups is 1. The molecule has 2 aliphatic heterocycles. The van der Waals surface area contributed by atoms with Gasteiger partial charge in [0.2, 0.25) is 11.8 Å². The normalized spacial score (nSPS) is 18.5. The van der Waals surface area contributed by atoms with Gasteiger partial charge < -0.3 is 10.1 Å². The van der Waals surface area contributed by atoms with E-state index in [-0.39, 0.29) is 35.5 Å². The fraction of sp³-hybridized carbons (Fsp3) is 0.303. The number of rotatable bonds is 7. The Labute approximate surface area is 255 Å². The Balaban J connectivity index is 1.55. The summed E-state index contributed by atoms with van der Waals surface area (Å²) in [6.07, 6.45) is 1.92. The highest BCUT2D eigenvalue weighted by Crippen LogP contribution is 2.50. The molecule has 0 spiro atoms. The summed E-state index contributed by atoms with van der Waals surface area (Å²) in [5.74, 6) is 0.384. The predicted molar refractivity (Wildman–Crippen MR) is 169 cm³/mol. The van der Waals surface area contributed by atoms with Gasteiger partial charge in [0, 0.05) is 29.3 Å². The van der Waals surface area contributed by atoms with Crippen LogP contribution < -0.4 is 10.2 Å². The number of fused-ring (bicyclic) bond motifs is 1. The van der Waals surface area contributed by atoms with E-state index in [4.69, 9.17) is 21.4 Å². The van der Waals surface area contributed by atoms with Crippen molar-refractivity contribution in [3.05, 3.63) is 100 Å². The van der Waals surface area contributed by atoms with Gasteiger partial charge in [-0.25, -0.2) is 4.68 Å². The number of carbonyl (C=O) groups excluding carboxylic acids is 2. The van der Waals surface area contributed by atoms with Crippen LogP contribution in [0.5, 0.6) is 0 Å². The zero-order valence-electron chi connectivity index (χ0n) is 23.7. The number of benzene rings is 3. The number of anilines is 1. The van der Waals surface area contributed by atoms with Gasteiger partial charge in [-0.2, -0.15) is 5.10 Å². The van der Waals surface area contributed by atoms with E-state index in [1.54, 1.807) is 4.90 Å². The molecule has 0 bridgehead atoms. The summed E-state index contributed by atoms with van der Waals surface area (Å²) in [5.41, 5.74) is 6.45. The van der Waals surface area contributed by atoms with Gasteiger partial charge in [0.25, 0.3) is 0 Å². The molecule has 3 heterocycles. The number of amides is 2. The molecule has 0 saturated carbocycles. The molecule has 2 aliphatic rings. The predicted octanol–water partition coefficient (Wildman–Crippen LogP) is 6.27. The standard InChI is InChI=1S/C33H33ClN4O3S/c1-21-10-8-16-27(22(21)2)38-33-30(31(36-38)23-11-4-3-5-12-23)32(25-14-6-7-15-26(25)34)42-20-29(40)37(33)19-28(39)35-18-24-13-9-17-41-24/h3-8,10-12,14-16,24,32H,9,13,17-20H2,1-2H3,(H,35,39)/t24-,32-/m1/s1. The van der Waals surface area contributed by atoms with Crippen LogP contribution in [0.25, 0.3) is 16.9 Å². The van der Waals surface area contributed by atoms with Gasteiger partial charge in [-0.1, -0.05) is 72.3 Å². The first-order chi connectivity index (χ1) is 20.4. The third kappa shape index (κ3) is 5.59. The van der Waals surface area contributed by atoms with Crippen molar-refractivity contribution in [3.8, 4) is 16.9 Å². The molecule has 1 fully saturated rings. The van der Waals surface area contributed by atoms with Crippen LogP contribution in [-0.2, 0) is 14.3 Å². The SMILES string of the molecule is Cc1cccc(-n2nc(-c3ccccc3)c3c2N(CC(=O)NC[C@H]2CCCO2)C(=O)CS[C@@H]3c2ccccc2Cl)c1C. The molecule has 6 rings (SSSR count). The van der Waals surface area contributed by atoms with Crippen LogP contribution in [-0.4, -0.2) is 53.1 Å². The van der Waals surface area contributed by atoms with Crippen LogP contribution in [0.1, 0.15) is 40.3 Å². The Bertz CT molecular complexity index is 1620. The molecule has 216 valence electrons. The minimum Gasteiger partial charge on any atom is -0.376 e. The fourth-order valence-electron chi connectivity index (χ4n) is 5.63. The lowest BCUT2D eigenvalue weighted by molar-refractivity contribution is -0.123. The second kappa shape index (κ2) is 12.3. The average Bonchev–Trinajstić information content (AvgIpc) is 3.63. The molecule has 0 aliphatic carbocycles. The number of aromatic nitrogens is 2. The van der Waals surface area contributed by atoms with Gasteiger partial charge >= 0.3 is 0 Å². The largest absolute Gasteiger partial charge is 0.376 e. The maximum Gasteiger partial charge on any atom is 0.240 e. The number of nitrogens with one attached hydrogen (secondary N) is 1. The van der Waals surface area contributed by atoms with E-state index in [0.717, 1.165) is 52.0 Å². The monoisotopic (exact) mass is 600 g/mol. The molecule has 2 amide bonds. The van der Waals surface area contributed by atoms with E-state index < -0.39 is 0 Å². The molecule has 4 aromatic rings. The lowest BCUT2D eigenvalue weighted by Crippen LogP contribution is -2.44. The summed E-state index contributed by atoms with van der Waals surface area (Å²) < 4.78 is 7.54. The van der Waals surface area contributed by atoms with Crippen molar-refractivity contribution in [1.29, 1.82) is 0 Å². The molecular formula is C33H33ClN4O3S. The van der Waals surface area contributed by atoms with E-state index in [2.05, 4.69) is 25.2 Å². The maximum absolute atomic E-state index is 13.9. The van der Waals surface area contributed by atoms with Gasteiger partial charge in [-0.05, 0) is 55.5 Å². The van der Waals surface area contributed by atoms with Crippen molar-refractivity contribution in [1.82, 2.24) is 15.1 Å². The second-order valence-electron chi connectivity index (χ2n) is 10.7. The highest BCUT2D eigenvalue weighted by molar-refractivity contribution is 8.00. The van der Waals surface area contributed by atoms with Gasteiger partial charge in [-0.15, -0.1) is 11.8 Å². The molecule has 1 aromatic heterocycles. The molecule has 42 heavy (non-hydrogen) atoms. The Morgan fingerprint density at radius 1 is 1.07 bits per heavy atom. The smallest absolute Gasteiger partial charge is 0.240 e. The summed E-state index contributed by atoms with van der Waals surface area (Å²) in [7, 11) is 0. The van der Waals surface area contributed by atoms with Gasteiger partial charge in [0.1, 0.15) is 12.4 Å². The average molecular weight is 601 g/mol. The zero-order valence-corrected chi connectivity index (χ0v) is 25.3. The zero-order chi connectivity index (χ0) is 29.2. The fourth-order valence-corrected chi connectivity index (χ4v) is 7.17. The highest BCUT2D eigenvalue weighted by atomic mass is 35.5. The third-order valence-electron chi connectivity index (χ3n) is 7.98. The van der Waals surface area contributed by atoms with E-state index in [1.165, 1.54) is 11.8 Å². The molecule has 7 nitrogen and oxygen atoms in total. The Hall–Kier alpha value is -3.59. The maximum atomic E-state index is 13.9. The first-order valence-electron chi connectivity index (χ1n) is 14.2. The first kappa shape index (κ1) is 28.5. The molecule has 9 heteroatoms. The van der Waals surface area contributed by atoms with Crippen molar-refractivity contribution in [2.45, 2.75) is 38.0 Å². The highest BCUT2D eigenvalue weighted by Gasteiger charge is 2.38. The van der Waals surface area contributed by atoms with Gasteiger partial charge in [-0.3, -0.25) is 14.5 Å². The number of nitrogens with zero attached hydrogens (tertiary/aromatic N) is 3. The number of ether oxygens (including phenoxy) is 1. The lowest BCUT2D eigenvalue weighted by Gasteiger charge is -2.24. The number of hydrogen-bond acceptors (Lipinski definition) is 5. The van der Waals surface area contributed by atoms with E-state index in [0.29, 0.717) is 24.0 Å². The quantitative estimate of drug-likeness (QED) is 0.270. The lowest BCUT2D eigenvalue weighted by atomic mass is 9.99. The van der Waals surface area contributed by atoms with Crippen LogP contribution in [0, 0.1) is 13.8 Å². The Morgan fingerprint density at radius 2 is 1.86 bits per heavy atom. The summed E-state index contributed by atoms with van der Waals surface area (Å²) in [5, 5.41) is 8.53. The van der Waals surface area contributed by atoms with Crippen molar-refractivity contribution in [2.75, 3.05) is 30.3 Å². The van der Waals surface area contributed by atoms with Crippen LogP contribution in [0.15, 0.2) is 72.8 Å². The number of hydrogen-bond donors (Lipinski definition) is 1. The Kier molecular flexibility index (Phi) is 8.38. The summed E-state index contributed by atoms with van der Waals surface area (Å²) in [6, 6.07) is 23.8. The van der Waals surface area contributed by atoms with Crippen LogP contribution >= 0.6 is 23.4 Å². The van der Waals surface area contributed by atoms with Crippen molar-refractivity contribution in [2.24, 2.45) is 0 Å². The topological polar surface area (TPSA) is 76.5 Å². The number of aryl methyl sites for hydroxylation is 1. The van der Waals surface area contributed by atoms with Gasteiger partial charge in [0.05, 0.1) is 28.5 Å². The van der Waals surface area contributed by atoms with Crippen LogP contribution in [0.4, 0.5) is 5.82 Å². The van der Waals surface area contributed by atoms with E-state index in [1.807, 2.05) is 71.4 Å².